The van der Waals surface area contributed by atoms with Crippen molar-refractivity contribution < 1.29 is 14.4 Å². The number of amides is 1. The van der Waals surface area contributed by atoms with E-state index in [-0.39, 0.29) is 24.5 Å². The van der Waals surface area contributed by atoms with Crippen LogP contribution in [0.3, 0.4) is 0 Å². The van der Waals surface area contributed by atoms with Crippen molar-refractivity contribution in [2.45, 2.75) is 19.4 Å². The van der Waals surface area contributed by atoms with Crippen LogP contribution in [-0.2, 0) is 0 Å². The fourth-order valence-corrected chi connectivity index (χ4v) is 2.45. The van der Waals surface area contributed by atoms with E-state index in [9.17, 15) is 4.79 Å². The van der Waals surface area contributed by atoms with Crippen LogP contribution in [0.5, 0.6) is 0 Å². The van der Waals surface area contributed by atoms with Crippen LogP contribution in [0.25, 0.3) is 11.5 Å². The van der Waals surface area contributed by atoms with E-state index in [0.29, 0.717) is 17.3 Å². The van der Waals surface area contributed by atoms with Gasteiger partial charge in [-0.15, -0.1) is 0 Å². The molecular formula is C16H17N3O3. The van der Waals surface area contributed by atoms with Crippen molar-refractivity contribution in [3.05, 3.63) is 47.8 Å². The molecule has 0 saturated carbocycles. The van der Waals surface area contributed by atoms with E-state index in [4.69, 9.17) is 9.63 Å². The average Bonchev–Trinajstić information content (AvgIpc) is 3.16. The number of nitrogens with zero attached hydrogens (tertiary/aromatic N) is 2. The van der Waals surface area contributed by atoms with Crippen LogP contribution >= 0.6 is 0 Å². The minimum absolute atomic E-state index is 0.0251. The van der Waals surface area contributed by atoms with Crippen molar-refractivity contribution >= 4 is 5.91 Å². The minimum atomic E-state index is -0.138. The third-order valence-electron chi connectivity index (χ3n) is 3.64. The predicted molar refractivity (Wildman–Crippen MR) is 80.1 cm³/mol. The van der Waals surface area contributed by atoms with Crippen LogP contribution in [0, 0.1) is 12.8 Å². The number of carbonyl (C=O) groups excluding carboxylic acids is 1. The van der Waals surface area contributed by atoms with E-state index in [1.807, 2.05) is 12.2 Å². The topological polar surface area (TPSA) is 88.2 Å². The van der Waals surface area contributed by atoms with Crippen molar-refractivity contribution in [3.8, 4) is 11.5 Å². The molecule has 0 spiro atoms. The zero-order valence-electron chi connectivity index (χ0n) is 12.2. The van der Waals surface area contributed by atoms with Crippen molar-refractivity contribution in [2.75, 3.05) is 6.61 Å². The number of aliphatic hydroxyl groups is 1. The van der Waals surface area contributed by atoms with Crippen molar-refractivity contribution in [1.82, 2.24) is 15.5 Å². The Morgan fingerprint density at radius 3 is 2.73 bits per heavy atom. The molecule has 0 bridgehead atoms. The van der Waals surface area contributed by atoms with Crippen molar-refractivity contribution in [1.29, 1.82) is 0 Å². The first-order valence-corrected chi connectivity index (χ1v) is 7.16. The lowest BCUT2D eigenvalue weighted by molar-refractivity contribution is 0.0941. The second kappa shape index (κ2) is 6.11. The summed E-state index contributed by atoms with van der Waals surface area (Å²) in [5, 5.41) is 15.8. The van der Waals surface area contributed by atoms with Gasteiger partial charge >= 0.3 is 0 Å². The van der Waals surface area contributed by atoms with Gasteiger partial charge in [0.1, 0.15) is 0 Å². The number of aliphatic hydroxyl groups excluding tert-OH is 1. The fourth-order valence-electron chi connectivity index (χ4n) is 2.45. The number of aromatic nitrogens is 2. The first-order valence-electron chi connectivity index (χ1n) is 7.16. The zero-order chi connectivity index (χ0) is 15.5. The van der Waals surface area contributed by atoms with Gasteiger partial charge in [0.2, 0.25) is 0 Å². The summed E-state index contributed by atoms with van der Waals surface area (Å²) in [5.41, 5.74) is 1.35. The highest BCUT2D eigenvalue weighted by atomic mass is 16.5. The van der Waals surface area contributed by atoms with Crippen LogP contribution in [0.4, 0.5) is 0 Å². The molecule has 0 aliphatic heterocycles. The summed E-state index contributed by atoms with van der Waals surface area (Å²) in [5.74, 6) is 1.01. The molecule has 1 aromatic heterocycles. The lowest BCUT2D eigenvalue weighted by atomic mass is 10.1. The Morgan fingerprint density at radius 1 is 1.36 bits per heavy atom. The Labute approximate surface area is 127 Å². The molecule has 6 heteroatoms. The molecule has 1 amide bonds. The van der Waals surface area contributed by atoms with Crippen LogP contribution in [-0.4, -0.2) is 33.8 Å². The average molecular weight is 299 g/mol. The van der Waals surface area contributed by atoms with Gasteiger partial charge in [-0.2, -0.15) is 4.98 Å². The molecule has 6 nitrogen and oxygen atoms in total. The van der Waals surface area contributed by atoms with Gasteiger partial charge in [0, 0.05) is 29.7 Å². The molecule has 2 N–H and O–H groups in total. The number of nitrogens with one attached hydrogen (secondary N) is 1. The highest BCUT2D eigenvalue weighted by Crippen LogP contribution is 2.19. The van der Waals surface area contributed by atoms with Gasteiger partial charge in [-0.1, -0.05) is 17.3 Å². The summed E-state index contributed by atoms with van der Waals surface area (Å²) >= 11 is 0. The predicted octanol–water partition coefficient (Wildman–Crippen LogP) is 1.71. The third kappa shape index (κ3) is 3.07. The molecular weight excluding hydrogens is 282 g/mol. The lowest BCUT2D eigenvalue weighted by Crippen LogP contribution is -2.32. The Balaban J connectivity index is 1.65. The molecule has 0 radical (unpaired) electrons. The zero-order valence-corrected chi connectivity index (χ0v) is 12.2. The Kier molecular flexibility index (Phi) is 4.02. The smallest absolute Gasteiger partial charge is 0.257 e. The molecule has 0 unspecified atom stereocenters. The number of rotatable bonds is 4. The normalized spacial score (nSPS) is 20.3. The first kappa shape index (κ1) is 14.5. The van der Waals surface area contributed by atoms with E-state index in [2.05, 4.69) is 15.5 Å². The van der Waals surface area contributed by atoms with Gasteiger partial charge in [0.15, 0.2) is 5.82 Å². The monoisotopic (exact) mass is 299 g/mol. The second-order valence-corrected chi connectivity index (χ2v) is 5.37. The van der Waals surface area contributed by atoms with Crippen molar-refractivity contribution in [3.63, 3.8) is 0 Å². The summed E-state index contributed by atoms with van der Waals surface area (Å²) in [4.78, 5) is 16.3. The molecule has 114 valence electrons. The molecule has 22 heavy (non-hydrogen) atoms. The summed E-state index contributed by atoms with van der Waals surface area (Å²) in [6.07, 6.45) is 4.60. The van der Waals surface area contributed by atoms with E-state index >= 15 is 0 Å². The van der Waals surface area contributed by atoms with Gasteiger partial charge in [-0.3, -0.25) is 4.79 Å². The van der Waals surface area contributed by atoms with E-state index < -0.39 is 0 Å². The molecule has 1 heterocycles. The fraction of sp³-hybridized carbons (Fsp3) is 0.312. The van der Waals surface area contributed by atoms with Crippen LogP contribution < -0.4 is 5.32 Å². The summed E-state index contributed by atoms with van der Waals surface area (Å²) in [6.45, 7) is 1.87. The highest BCUT2D eigenvalue weighted by molar-refractivity contribution is 5.94. The van der Waals surface area contributed by atoms with Gasteiger partial charge in [0.25, 0.3) is 11.8 Å². The maximum absolute atomic E-state index is 12.2. The summed E-state index contributed by atoms with van der Waals surface area (Å²) in [6, 6.07) is 6.99. The maximum Gasteiger partial charge on any atom is 0.257 e. The molecule has 2 aromatic rings. The van der Waals surface area contributed by atoms with Crippen LogP contribution in [0.2, 0.25) is 0 Å². The summed E-state index contributed by atoms with van der Waals surface area (Å²) < 4.78 is 5.09. The van der Waals surface area contributed by atoms with Crippen molar-refractivity contribution in [2.24, 2.45) is 5.92 Å². The maximum atomic E-state index is 12.2. The summed E-state index contributed by atoms with van der Waals surface area (Å²) in [7, 11) is 0. The van der Waals surface area contributed by atoms with Gasteiger partial charge in [0.05, 0.1) is 0 Å². The SMILES string of the molecule is Cc1noc(-c2ccc(C(=O)N[C@@H]3C=C[C@H](CO)C3)cc2)n1. The van der Waals surface area contributed by atoms with Gasteiger partial charge in [-0.25, -0.2) is 0 Å². The second-order valence-electron chi connectivity index (χ2n) is 5.37. The number of carbonyl (C=O) groups is 1. The molecule has 3 rings (SSSR count). The number of hydrogen-bond acceptors (Lipinski definition) is 5. The molecule has 1 aliphatic rings. The quantitative estimate of drug-likeness (QED) is 0.839. The molecule has 1 aromatic carbocycles. The Bertz CT molecular complexity index is 691. The van der Waals surface area contributed by atoms with E-state index in [1.165, 1.54) is 0 Å². The minimum Gasteiger partial charge on any atom is -0.396 e. The van der Waals surface area contributed by atoms with E-state index in [1.54, 1.807) is 31.2 Å². The number of aryl methyl sites for hydroxylation is 1. The number of benzene rings is 1. The molecule has 0 fully saturated rings. The molecule has 2 atom stereocenters. The van der Waals surface area contributed by atoms with E-state index in [0.717, 1.165) is 12.0 Å². The molecule has 0 saturated heterocycles. The standard InChI is InChI=1S/C16H17N3O3/c1-10-17-16(22-19-10)13-5-3-12(4-6-13)15(21)18-14-7-2-11(8-14)9-20/h2-7,11,14,20H,8-9H2,1H3,(H,18,21)/t11-,14+/m0/s1. The van der Waals surface area contributed by atoms with Gasteiger partial charge in [-0.05, 0) is 37.6 Å². The first-order chi connectivity index (χ1) is 10.7. The van der Waals surface area contributed by atoms with Crippen LogP contribution in [0.15, 0.2) is 40.9 Å². The van der Waals surface area contributed by atoms with Gasteiger partial charge < -0.3 is 14.9 Å². The molecule has 1 aliphatic carbocycles. The number of hydrogen-bond donors (Lipinski definition) is 2. The Hall–Kier alpha value is -2.47. The lowest BCUT2D eigenvalue weighted by Gasteiger charge is -2.12. The van der Waals surface area contributed by atoms with Crippen LogP contribution in [0.1, 0.15) is 22.6 Å². The third-order valence-corrected chi connectivity index (χ3v) is 3.64. The Morgan fingerprint density at radius 2 is 2.14 bits per heavy atom. The highest BCUT2D eigenvalue weighted by Gasteiger charge is 2.20. The largest absolute Gasteiger partial charge is 0.396 e.